The minimum Gasteiger partial charge on any atom is -0.118 e. The number of rotatable bonds is 4. The van der Waals surface area contributed by atoms with Crippen LogP contribution in [0.25, 0.3) is 0 Å². The van der Waals surface area contributed by atoms with Crippen LogP contribution in [0.1, 0.15) is 43.7 Å². The zero-order valence-electron chi connectivity index (χ0n) is 15.4. The van der Waals surface area contributed by atoms with Gasteiger partial charge in [0, 0.05) is 0 Å². The molecular formula is C22H30BCl. The first-order chi connectivity index (χ1) is 11.5. The average Bonchev–Trinajstić information content (AvgIpc) is 2.58. The maximum atomic E-state index is 6.64. The van der Waals surface area contributed by atoms with Gasteiger partial charge < -0.3 is 0 Å². The highest BCUT2D eigenvalue weighted by Gasteiger charge is 2.29. The van der Waals surface area contributed by atoms with Gasteiger partial charge in [-0.25, -0.2) is 0 Å². The monoisotopic (exact) mass is 340 g/mol. The van der Waals surface area contributed by atoms with Crippen molar-refractivity contribution in [3.63, 3.8) is 0 Å². The molecule has 3 rings (SSSR count). The lowest BCUT2D eigenvalue weighted by atomic mass is 9.68. The lowest BCUT2D eigenvalue weighted by Crippen LogP contribution is -2.23. The molecule has 4 unspecified atom stereocenters. The van der Waals surface area contributed by atoms with Crippen LogP contribution in [0.3, 0.4) is 0 Å². The van der Waals surface area contributed by atoms with E-state index in [4.69, 9.17) is 11.6 Å². The molecule has 0 spiro atoms. The maximum Gasteiger partial charge on any atom is 0.101 e. The number of halogens is 1. The van der Waals surface area contributed by atoms with Crippen LogP contribution in [0.5, 0.6) is 0 Å². The predicted octanol–water partition coefficient (Wildman–Crippen LogP) is 5.51. The molecule has 0 N–H and O–H groups in total. The number of hydrogen-bond donors (Lipinski definition) is 0. The van der Waals surface area contributed by atoms with Gasteiger partial charge in [-0.1, -0.05) is 55.2 Å². The van der Waals surface area contributed by atoms with Crippen LogP contribution in [-0.4, -0.2) is 13.2 Å². The molecule has 4 atom stereocenters. The van der Waals surface area contributed by atoms with Gasteiger partial charge in [-0.2, -0.15) is 0 Å². The van der Waals surface area contributed by atoms with E-state index in [1.165, 1.54) is 42.3 Å². The second-order valence-corrected chi connectivity index (χ2v) is 8.60. The summed E-state index contributed by atoms with van der Waals surface area (Å²) in [6.45, 7) is 4.57. The fourth-order valence-corrected chi connectivity index (χ4v) is 4.72. The van der Waals surface area contributed by atoms with Crippen molar-refractivity contribution in [2.24, 2.45) is 17.8 Å². The molecule has 1 fully saturated rings. The molecule has 0 saturated heterocycles. The molecular weight excluding hydrogens is 311 g/mol. The Kier molecular flexibility index (Phi) is 5.92. The Morgan fingerprint density at radius 2 is 1.88 bits per heavy atom. The number of benzene rings is 1. The molecule has 0 nitrogen and oxygen atoms in total. The first-order valence-electron chi connectivity index (χ1n) is 9.65. The van der Waals surface area contributed by atoms with E-state index < -0.39 is 0 Å². The zero-order chi connectivity index (χ0) is 17.1. The molecule has 0 bridgehead atoms. The standard InChI is InChI=1S/C22H30BCl/c1-15-3-5-17(6-4-15)11-21-13-19(7-8-22(21)24)20-10-16(2)9-18(12-20)14-23/h3-7,13,16,18,20,22H,8-12,14,23H2,1-2H3. The van der Waals surface area contributed by atoms with Crippen LogP contribution in [0.2, 0.25) is 6.32 Å². The number of hydrogen-bond acceptors (Lipinski definition) is 0. The van der Waals surface area contributed by atoms with Gasteiger partial charge in [0.15, 0.2) is 0 Å². The van der Waals surface area contributed by atoms with Crippen LogP contribution in [0.15, 0.2) is 47.6 Å². The lowest BCUT2D eigenvalue weighted by Gasteiger charge is -2.35. The van der Waals surface area contributed by atoms with Crippen LogP contribution in [0.4, 0.5) is 0 Å². The molecule has 0 amide bonds. The van der Waals surface area contributed by atoms with Gasteiger partial charge in [0.2, 0.25) is 0 Å². The molecule has 1 saturated carbocycles. The summed E-state index contributed by atoms with van der Waals surface area (Å²) in [7, 11) is 2.35. The van der Waals surface area contributed by atoms with Gasteiger partial charge in [-0.05, 0) is 73.5 Å². The summed E-state index contributed by atoms with van der Waals surface area (Å²) in [5, 5.41) is 0.165. The molecule has 1 aromatic carbocycles. The fraction of sp³-hybridized carbons (Fsp3) is 0.545. The Hall–Kier alpha value is -0.945. The molecule has 0 radical (unpaired) electrons. The number of alkyl halides is 1. The molecule has 2 aliphatic carbocycles. The quantitative estimate of drug-likeness (QED) is 0.501. The van der Waals surface area contributed by atoms with Gasteiger partial charge in [-0.3, -0.25) is 0 Å². The summed E-state index contributed by atoms with van der Waals surface area (Å²) >= 11 is 6.64. The van der Waals surface area contributed by atoms with Gasteiger partial charge >= 0.3 is 0 Å². The fourth-order valence-electron chi connectivity index (χ4n) is 4.49. The summed E-state index contributed by atoms with van der Waals surface area (Å²) in [5.41, 5.74) is 5.67. The van der Waals surface area contributed by atoms with Crippen molar-refractivity contribution in [2.75, 3.05) is 0 Å². The van der Waals surface area contributed by atoms with E-state index in [-0.39, 0.29) is 5.38 Å². The Balaban J connectivity index is 1.75. The Bertz CT molecular complexity index is 613. The van der Waals surface area contributed by atoms with Crippen molar-refractivity contribution >= 4 is 19.4 Å². The third kappa shape index (κ3) is 4.36. The molecule has 2 aliphatic rings. The number of aryl methyl sites for hydroxylation is 1. The van der Waals surface area contributed by atoms with Crippen molar-refractivity contribution in [1.82, 2.24) is 0 Å². The van der Waals surface area contributed by atoms with Gasteiger partial charge in [0.1, 0.15) is 7.85 Å². The highest BCUT2D eigenvalue weighted by molar-refractivity contribution is 6.22. The summed E-state index contributed by atoms with van der Waals surface area (Å²) < 4.78 is 0. The van der Waals surface area contributed by atoms with Gasteiger partial charge in [-0.15, -0.1) is 11.6 Å². The molecule has 2 heteroatoms. The van der Waals surface area contributed by atoms with Crippen molar-refractivity contribution in [1.29, 1.82) is 0 Å². The van der Waals surface area contributed by atoms with E-state index >= 15 is 0 Å². The highest BCUT2D eigenvalue weighted by atomic mass is 35.5. The summed E-state index contributed by atoms with van der Waals surface area (Å²) in [6, 6.07) is 8.89. The van der Waals surface area contributed by atoms with E-state index in [2.05, 4.69) is 58.1 Å². The van der Waals surface area contributed by atoms with Crippen molar-refractivity contribution in [3.8, 4) is 0 Å². The van der Waals surface area contributed by atoms with Crippen LogP contribution >= 0.6 is 11.6 Å². The molecule has 1 aromatic rings. The topological polar surface area (TPSA) is 0 Å². The second kappa shape index (κ2) is 7.96. The van der Waals surface area contributed by atoms with Crippen LogP contribution < -0.4 is 0 Å². The van der Waals surface area contributed by atoms with Crippen molar-refractivity contribution in [3.05, 3.63) is 58.7 Å². The second-order valence-electron chi connectivity index (χ2n) is 8.07. The number of allylic oxidation sites excluding steroid dienone is 4. The summed E-state index contributed by atoms with van der Waals surface area (Å²) in [5.74, 6) is 2.51. The smallest absolute Gasteiger partial charge is 0.101 e. The highest BCUT2D eigenvalue weighted by Crippen LogP contribution is 2.41. The van der Waals surface area contributed by atoms with Crippen LogP contribution in [0, 0.1) is 24.7 Å². The SMILES string of the molecule is BCC1CC(C)CC(C2=CCC(Cl)C(Cc3ccc(C)cc3)=C2)C1. The Labute approximate surface area is 153 Å². The Morgan fingerprint density at radius 1 is 1.12 bits per heavy atom. The minimum absolute atomic E-state index is 0.165. The summed E-state index contributed by atoms with van der Waals surface area (Å²) in [4.78, 5) is 0. The van der Waals surface area contributed by atoms with E-state index in [0.29, 0.717) is 0 Å². The molecule has 0 aliphatic heterocycles. The van der Waals surface area contributed by atoms with E-state index in [9.17, 15) is 0 Å². The largest absolute Gasteiger partial charge is 0.118 e. The first-order valence-corrected chi connectivity index (χ1v) is 10.1. The molecule has 0 heterocycles. The van der Waals surface area contributed by atoms with Crippen molar-refractivity contribution < 1.29 is 0 Å². The normalized spacial score (nSPS) is 30.6. The van der Waals surface area contributed by atoms with E-state index in [0.717, 1.165) is 30.6 Å². The minimum atomic E-state index is 0.165. The average molecular weight is 341 g/mol. The van der Waals surface area contributed by atoms with E-state index in [1.54, 1.807) is 5.57 Å². The summed E-state index contributed by atoms with van der Waals surface area (Å²) in [6.07, 6.45) is 12.3. The Morgan fingerprint density at radius 3 is 2.58 bits per heavy atom. The van der Waals surface area contributed by atoms with Crippen LogP contribution in [-0.2, 0) is 6.42 Å². The first kappa shape index (κ1) is 17.9. The molecule has 128 valence electrons. The lowest BCUT2D eigenvalue weighted by molar-refractivity contribution is 0.246. The zero-order valence-corrected chi connectivity index (χ0v) is 16.2. The molecule has 24 heavy (non-hydrogen) atoms. The van der Waals surface area contributed by atoms with Crippen molar-refractivity contribution in [2.45, 2.75) is 57.6 Å². The van der Waals surface area contributed by atoms with Gasteiger partial charge in [0.25, 0.3) is 0 Å². The third-order valence-electron chi connectivity index (χ3n) is 5.93. The predicted molar refractivity (Wildman–Crippen MR) is 109 cm³/mol. The maximum absolute atomic E-state index is 6.64. The molecule has 0 aromatic heterocycles. The van der Waals surface area contributed by atoms with Gasteiger partial charge in [0.05, 0.1) is 5.38 Å². The van der Waals surface area contributed by atoms with E-state index in [1.807, 2.05) is 0 Å². The third-order valence-corrected chi connectivity index (χ3v) is 6.39.